The van der Waals surface area contributed by atoms with E-state index in [9.17, 15) is 0 Å². The summed E-state index contributed by atoms with van der Waals surface area (Å²) >= 11 is 0. The third-order valence-electron chi connectivity index (χ3n) is 9.83. The predicted molar refractivity (Wildman–Crippen MR) is 228 cm³/mol. The monoisotopic (exact) mass is 894 g/mol. The molecule has 1 radical (unpaired) electrons. The average molecular weight is 894 g/mol. The number of hydrogen-bond acceptors (Lipinski definition) is 2. The van der Waals surface area contributed by atoms with Crippen LogP contribution < -0.4 is 0 Å². The minimum atomic E-state index is 0. The maximum absolute atomic E-state index is 4.48. The molecule has 0 saturated heterocycles. The molecule has 10 rings (SSSR count). The summed E-state index contributed by atoms with van der Waals surface area (Å²) in [4.78, 5) is 8.70. The molecule has 0 aliphatic carbocycles. The molecule has 3 nitrogen and oxygen atoms in total. The summed E-state index contributed by atoms with van der Waals surface area (Å²) < 4.78 is 2.36. The van der Waals surface area contributed by atoms with E-state index in [1.54, 1.807) is 6.20 Å². The summed E-state index contributed by atoms with van der Waals surface area (Å²) in [6, 6.07) is 76.1. The summed E-state index contributed by atoms with van der Waals surface area (Å²) in [6.45, 7) is 0. The molecule has 56 heavy (non-hydrogen) atoms. The first-order valence-electron chi connectivity index (χ1n) is 18.4. The Balaban J connectivity index is 0.000000290. The molecule has 7 aromatic carbocycles. The van der Waals surface area contributed by atoms with Crippen molar-refractivity contribution < 1.29 is 20.1 Å². The van der Waals surface area contributed by atoms with Gasteiger partial charge in [-0.3, -0.25) is 0 Å². The SMILES string of the molecule is [Ir].[c-]1ccc(-c2ccc(-c3cccc(-c4ccc5c(c4)c4ccccc4n5-c4ccccc4)c3)cc2)cc1-c1ccccn1.[c-]1ccccc1-c1ccccn1. The zero-order valence-electron chi connectivity index (χ0n) is 30.4. The molecule has 0 saturated carbocycles. The van der Waals surface area contributed by atoms with Gasteiger partial charge in [0, 0.05) is 49.0 Å². The van der Waals surface area contributed by atoms with Crippen LogP contribution in [0.3, 0.4) is 0 Å². The van der Waals surface area contributed by atoms with Gasteiger partial charge in [-0.1, -0.05) is 109 Å². The van der Waals surface area contributed by atoms with E-state index in [1.807, 2.05) is 72.9 Å². The molecule has 0 aliphatic rings. The van der Waals surface area contributed by atoms with Gasteiger partial charge in [-0.05, 0) is 87.7 Å². The summed E-state index contributed by atoms with van der Waals surface area (Å²) in [7, 11) is 0. The third kappa shape index (κ3) is 7.62. The summed E-state index contributed by atoms with van der Waals surface area (Å²) in [6.07, 6.45) is 3.61. The maximum Gasteiger partial charge on any atom is 0.0541 e. The Hall–Kier alpha value is -6.71. The number of fused-ring (bicyclic) bond motifs is 3. The van der Waals surface area contributed by atoms with Crippen molar-refractivity contribution in [3.63, 3.8) is 0 Å². The van der Waals surface area contributed by atoms with Gasteiger partial charge < -0.3 is 14.5 Å². The normalized spacial score (nSPS) is 10.7. The van der Waals surface area contributed by atoms with Crippen molar-refractivity contribution in [2.24, 2.45) is 0 Å². The van der Waals surface area contributed by atoms with Crippen LogP contribution in [0.5, 0.6) is 0 Å². The molecule has 0 amide bonds. The molecule has 0 atom stereocenters. The fourth-order valence-corrected chi connectivity index (χ4v) is 7.13. The molecule has 3 aromatic heterocycles. The molecule has 0 bridgehead atoms. The molecule has 4 heteroatoms. The van der Waals surface area contributed by atoms with Crippen LogP contribution in [-0.4, -0.2) is 14.5 Å². The Morgan fingerprint density at radius 1 is 0.357 bits per heavy atom. The number of rotatable bonds is 6. The number of hydrogen-bond donors (Lipinski definition) is 0. The number of para-hydroxylation sites is 2. The molecular formula is C52H35IrN3-2. The number of nitrogens with zero attached hydrogens (tertiary/aromatic N) is 3. The van der Waals surface area contributed by atoms with Gasteiger partial charge in [0.1, 0.15) is 0 Å². The first-order chi connectivity index (χ1) is 27.3. The molecule has 0 fully saturated rings. The summed E-state index contributed by atoms with van der Waals surface area (Å²) in [5, 5.41) is 2.52. The van der Waals surface area contributed by atoms with Gasteiger partial charge in [0.05, 0.1) is 11.0 Å². The van der Waals surface area contributed by atoms with Gasteiger partial charge >= 0.3 is 0 Å². The van der Waals surface area contributed by atoms with E-state index < -0.39 is 0 Å². The van der Waals surface area contributed by atoms with Crippen molar-refractivity contribution in [2.75, 3.05) is 0 Å². The smallest absolute Gasteiger partial charge is 0.0541 e. The molecule has 269 valence electrons. The Labute approximate surface area is 341 Å². The number of pyridine rings is 2. The van der Waals surface area contributed by atoms with E-state index in [-0.39, 0.29) is 20.1 Å². The van der Waals surface area contributed by atoms with Crippen molar-refractivity contribution in [1.82, 2.24) is 14.5 Å². The third-order valence-corrected chi connectivity index (χ3v) is 9.83. The van der Waals surface area contributed by atoms with Crippen LogP contribution in [-0.2, 0) is 20.1 Å². The Kier molecular flexibility index (Phi) is 10.9. The van der Waals surface area contributed by atoms with Crippen LogP contribution in [0.25, 0.3) is 83.4 Å². The first kappa shape index (κ1) is 36.3. The Morgan fingerprint density at radius 3 is 1.62 bits per heavy atom. The van der Waals surface area contributed by atoms with Crippen molar-refractivity contribution in [1.29, 1.82) is 0 Å². The quantitative estimate of drug-likeness (QED) is 0.156. The van der Waals surface area contributed by atoms with Gasteiger partial charge in [-0.25, -0.2) is 0 Å². The Bertz CT molecular complexity index is 2800. The average Bonchev–Trinajstić information content (AvgIpc) is 3.62. The van der Waals surface area contributed by atoms with E-state index in [4.69, 9.17) is 0 Å². The van der Waals surface area contributed by atoms with E-state index in [1.165, 1.54) is 55.3 Å². The van der Waals surface area contributed by atoms with E-state index in [2.05, 4.69) is 160 Å². The molecule has 0 unspecified atom stereocenters. The Morgan fingerprint density at radius 2 is 0.929 bits per heavy atom. The van der Waals surface area contributed by atoms with Gasteiger partial charge in [-0.15, -0.1) is 71.3 Å². The van der Waals surface area contributed by atoms with Crippen molar-refractivity contribution >= 4 is 21.8 Å². The van der Waals surface area contributed by atoms with Crippen LogP contribution in [0, 0.1) is 12.1 Å². The van der Waals surface area contributed by atoms with Crippen LogP contribution in [0.1, 0.15) is 0 Å². The largest absolute Gasteiger partial charge is 0.309 e. The van der Waals surface area contributed by atoms with E-state index in [0.29, 0.717) is 0 Å². The molecule has 10 aromatic rings. The topological polar surface area (TPSA) is 30.7 Å². The van der Waals surface area contributed by atoms with E-state index >= 15 is 0 Å². The minimum Gasteiger partial charge on any atom is -0.309 e. The molecule has 0 aliphatic heterocycles. The molecule has 0 N–H and O–H groups in total. The summed E-state index contributed by atoms with van der Waals surface area (Å²) in [5.74, 6) is 0. The predicted octanol–water partition coefficient (Wildman–Crippen LogP) is 13.2. The van der Waals surface area contributed by atoms with Crippen LogP contribution in [0.2, 0.25) is 0 Å². The fraction of sp³-hybridized carbons (Fsp3) is 0. The van der Waals surface area contributed by atoms with Gasteiger partial charge in [-0.2, -0.15) is 0 Å². The molecule has 3 heterocycles. The summed E-state index contributed by atoms with van der Waals surface area (Å²) in [5.41, 5.74) is 14.7. The van der Waals surface area contributed by atoms with Gasteiger partial charge in [0.15, 0.2) is 0 Å². The van der Waals surface area contributed by atoms with Crippen molar-refractivity contribution in [2.45, 2.75) is 0 Å². The molecule has 0 spiro atoms. The van der Waals surface area contributed by atoms with E-state index in [0.717, 1.165) is 28.1 Å². The standard InChI is InChI=1S/C41H27N2.C11H8N.Ir/c1-2-14-36(15-3-1)43-40-18-5-4-16-37(40)38-28-34(23-24-41(38)43)33-12-8-10-31(26-33)29-19-21-30(22-20-29)32-11-9-13-35(27-32)39-17-6-7-25-42-39;1-2-6-10(7-3-1)11-8-4-5-9-12-11;/h1-12,14-28H;1-6,8-9H;/q2*-1;. The number of aromatic nitrogens is 3. The number of benzene rings is 7. The van der Waals surface area contributed by atoms with Gasteiger partial charge in [0.25, 0.3) is 0 Å². The zero-order valence-corrected chi connectivity index (χ0v) is 32.8. The first-order valence-corrected chi connectivity index (χ1v) is 18.4. The maximum atomic E-state index is 4.48. The minimum absolute atomic E-state index is 0. The second-order valence-corrected chi connectivity index (χ2v) is 13.3. The second kappa shape index (κ2) is 16.8. The molecular weight excluding hydrogens is 859 g/mol. The van der Waals surface area contributed by atoms with Crippen LogP contribution in [0.4, 0.5) is 0 Å². The van der Waals surface area contributed by atoms with Crippen LogP contribution >= 0.6 is 0 Å². The zero-order chi connectivity index (χ0) is 36.8. The fourth-order valence-electron chi connectivity index (χ4n) is 7.13. The van der Waals surface area contributed by atoms with Crippen LogP contribution in [0.15, 0.2) is 213 Å². The van der Waals surface area contributed by atoms with Gasteiger partial charge in [0.2, 0.25) is 0 Å². The van der Waals surface area contributed by atoms with Crippen molar-refractivity contribution in [3.05, 3.63) is 225 Å². The second-order valence-electron chi connectivity index (χ2n) is 13.3. The van der Waals surface area contributed by atoms with Crippen molar-refractivity contribution in [3.8, 4) is 61.6 Å².